The van der Waals surface area contributed by atoms with Gasteiger partial charge >= 0.3 is 0 Å². The van der Waals surface area contributed by atoms with E-state index in [4.69, 9.17) is 0 Å². The highest BCUT2D eigenvalue weighted by Crippen LogP contribution is 2.21. The first-order valence-corrected chi connectivity index (χ1v) is 7.92. The average molecular weight is 353 g/mol. The average Bonchev–Trinajstić information content (AvgIpc) is 3.27. The number of rotatable bonds is 3. The SMILES string of the molecule is O=C(c1ccccc1)c1ccccc1[N+](=O)[O-].c1nc2n[nH]sc-2n1. The van der Waals surface area contributed by atoms with Crippen molar-refractivity contribution in [2.45, 2.75) is 0 Å². The number of benzene rings is 2. The lowest BCUT2D eigenvalue weighted by Crippen LogP contribution is -2.04. The lowest BCUT2D eigenvalue weighted by molar-refractivity contribution is -0.385. The summed E-state index contributed by atoms with van der Waals surface area (Å²) in [5, 5.41) is 15.5. The van der Waals surface area contributed by atoms with Gasteiger partial charge in [-0.15, -0.1) is 5.10 Å². The summed E-state index contributed by atoms with van der Waals surface area (Å²) < 4.78 is 2.68. The van der Waals surface area contributed by atoms with E-state index in [1.807, 2.05) is 0 Å². The van der Waals surface area contributed by atoms with Crippen molar-refractivity contribution in [1.29, 1.82) is 0 Å². The number of nitrogens with zero attached hydrogens (tertiary/aromatic N) is 4. The minimum atomic E-state index is -0.545. The molecule has 0 aliphatic carbocycles. The van der Waals surface area contributed by atoms with Crippen molar-refractivity contribution in [2.75, 3.05) is 0 Å². The molecule has 8 nitrogen and oxygen atoms in total. The summed E-state index contributed by atoms with van der Waals surface area (Å²) in [6.45, 7) is 0. The number of hydrogen-bond acceptors (Lipinski definition) is 7. The van der Waals surface area contributed by atoms with Crippen molar-refractivity contribution in [2.24, 2.45) is 0 Å². The zero-order valence-electron chi connectivity index (χ0n) is 12.7. The minimum absolute atomic E-state index is 0.115. The molecule has 2 heterocycles. The van der Waals surface area contributed by atoms with Crippen LogP contribution >= 0.6 is 11.5 Å². The molecule has 1 N–H and O–H groups in total. The van der Waals surface area contributed by atoms with Gasteiger partial charge in [0.1, 0.15) is 11.9 Å². The molecule has 0 spiro atoms. The zero-order valence-corrected chi connectivity index (χ0v) is 13.5. The standard InChI is InChI=1S/C13H9NO3.C3H2N4S/c15-13(10-6-2-1-3-7-10)11-8-4-5-9-12(11)14(16)17;1-4-2-3(5-1)8-7-6-2/h1-9H;1,7H. The highest BCUT2D eigenvalue weighted by atomic mass is 32.1. The first-order chi connectivity index (χ1) is 12.2. The quantitative estimate of drug-likeness (QED) is 0.344. The van der Waals surface area contributed by atoms with Gasteiger partial charge in [-0.2, -0.15) is 0 Å². The third-order valence-corrected chi connectivity index (χ3v) is 3.89. The van der Waals surface area contributed by atoms with Crippen LogP contribution in [0.1, 0.15) is 15.9 Å². The number of carbonyl (C=O) groups excluding carboxylic acids is 1. The van der Waals surface area contributed by atoms with Crippen molar-refractivity contribution in [3.8, 4) is 10.8 Å². The lowest BCUT2D eigenvalue weighted by atomic mass is 10.0. The predicted molar refractivity (Wildman–Crippen MR) is 91.6 cm³/mol. The van der Waals surface area contributed by atoms with Gasteiger partial charge in [0.2, 0.25) is 5.82 Å². The molecule has 2 aliphatic rings. The number of nitrogens with one attached hydrogen (secondary N) is 1. The molecule has 9 heteroatoms. The van der Waals surface area contributed by atoms with Crippen LogP contribution in [0.15, 0.2) is 60.9 Å². The summed E-state index contributed by atoms with van der Waals surface area (Å²) in [4.78, 5) is 30.1. The zero-order chi connectivity index (χ0) is 17.6. The van der Waals surface area contributed by atoms with Gasteiger partial charge < -0.3 is 0 Å². The largest absolute Gasteiger partial charge is 0.288 e. The Bertz CT molecular complexity index is 921. The van der Waals surface area contributed by atoms with Crippen molar-refractivity contribution < 1.29 is 9.72 Å². The number of carbonyl (C=O) groups is 1. The first-order valence-electron chi connectivity index (χ1n) is 7.10. The minimum Gasteiger partial charge on any atom is -0.288 e. The van der Waals surface area contributed by atoms with Crippen LogP contribution in [-0.4, -0.2) is 30.3 Å². The van der Waals surface area contributed by atoms with Crippen LogP contribution < -0.4 is 0 Å². The van der Waals surface area contributed by atoms with Crippen molar-refractivity contribution >= 4 is 23.0 Å². The maximum Gasteiger partial charge on any atom is 0.280 e. The Morgan fingerprint density at radius 3 is 2.48 bits per heavy atom. The smallest absolute Gasteiger partial charge is 0.280 e. The Balaban J connectivity index is 0.000000188. The molecule has 2 aliphatic heterocycles. The van der Waals surface area contributed by atoms with Crippen LogP contribution in [0.5, 0.6) is 0 Å². The molecule has 2 aromatic rings. The molecule has 0 amide bonds. The predicted octanol–water partition coefficient (Wildman–Crippen LogP) is 3.19. The molecule has 0 unspecified atom stereocenters. The third-order valence-electron chi connectivity index (χ3n) is 3.22. The maximum atomic E-state index is 12.1. The van der Waals surface area contributed by atoms with Crippen LogP contribution in [0, 0.1) is 10.1 Å². The second-order valence-corrected chi connectivity index (χ2v) is 5.55. The van der Waals surface area contributed by atoms with Gasteiger partial charge in [-0.25, -0.2) is 14.5 Å². The van der Waals surface area contributed by atoms with Crippen LogP contribution in [0.4, 0.5) is 5.69 Å². The van der Waals surface area contributed by atoms with Crippen LogP contribution in [0.3, 0.4) is 0 Å². The maximum absolute atomic E-state index is 12.1. The van der Waals surface area contributed by atoms with Crippen molar-refractivity contribution in [3.05, 3.63) is 82.2 Å². The molecule has 2 aromatic carbocycles. The van der Waals surface area contributed by atoms with E-state index in [-0.39, 0.29) is 17.0 Å². The number of para-hydroxylation sites is 1. The molecule has 0 saturated heterocycles. The molecule has 124 valence electrons. The third kappa shape index (κ3) is 3.72. The fraction of sp³-hybridized carbons (Fsp3) is 0. The van der Waals surface area contributed by atoms with E-state index in [0.29, 0.717) is 11.4 Å². The van der Waals surface area contributed by atoms with Gasteiger partial charge in [0.25, 0.3) is 5.69 Å². The Kier molecular flexibility index (Phi) is 4.86. The molecule has 0 bridgehead atoms. The Morgan fingerprint density at radius 1 is 1.04 bits per heavy atom. The number of imidazole rings is 1. The van der Waals surface area contributed by atoms with Gasteiger partial charge in [-0.1, -0.05) is 42.5 Å². The van der Waals surface area contributed by atoms with E-state index in [1.54, 1.807) is 42.5 Å². The summed E-state index contributed by atoms with van der Waals surface area (Å²) in [5.74, 6) is 0.368. The van der Waals surface area contributed by atoms with Gasteiger partial charge in [-0.3, -0.25) is 14.9 Å². The van der Waals surface area contributed by atoms with E-state index in [1.165, 1.54) is 30.0 Å². The molecular formula is C16H11N5O3S. The number of aromatic nitrogens is 4. The Labute approximate surface area is 145 Å². The second kappa shape index (κ2) is 7.41. The normalized spacial score (nSPS) is 10.1. The van der Waals surface area contributed by atoms with E-state index in [0.717, 1.165) is 5.01 Å². The summed E-state index contributed by atoms with van der Waals surface area (Å²) in [6.07, 6.45) is 1.50. The fourth-order valence-electron chi connectivity index (χ4n) is 2.08. The Morgan fingerprint density at radius 2 is 1.76 bits per heavy atom. The molecular weight excluding hydrogens is 342 g/mol. The van der Waals surface area contributed by atoms with Crippen molar-refractivity contribution in [3.63, 3.8) is 0 Å². The van der Waals surface area contributed by atoms with E-state index in [2.05, 4.69) is 19.6 Å². The molecule has 0 saturated carbocycles. The molecule has 0 atom stereocenters. The van der Waals surface area contributed by atoms with Gasteiger partial charge in [0.15, 0.2) is 10.8 Å². The van der Waals surface area contributed by atoms with Crippen LogP contribution in [0.25, 0.3) is 10.8 Å². The summed E-state index contributed by atoms with van der Waals surface area (Å²) in [5.41, 5.74) is 0.395. The molecule has 0 radical (unpaired) electrons. The molecule has 0 fully saturated rings. The molecule has 25 heavy (non-hydrogen) atoms. The van der Waals surface area contributed by atoms with Crippen LogP contribution in [0.2, 0.25) is 0 Å². The highest BCUT2D eigenvalue weighted by Gasteiger charge is 2.19. The Hall–Kier alpha value is -3.46. The fourth-order valence-corrected chi connectivity index (χ4v) is 2.58. The number of hydrogen-bond donors (Lipinski definition) is 1. The van der Waals surface area contributed by atoms with E-state index < -0.39 is 4.92 Å². The van der Waals surface area contributed by atoms with Gasteiger partial charge in [-0.05, 0) is 17.6 Å². The summed E-state index contributed by atoms with van der Waals surface area (Å²) >= 11 is 1.38. The highest BCUT2D eigenvalue weighted by molar-refractivity contribution is 7.09. The number of ketones is 1. The number of nitro groups is 1. The van der Waals surface area contributed by atoms with Crippen molar-refractivity contribution in [1.82, 2.24) is 19.6 Å². The summed E-state index contributed by atoms with van der Waals surface area (Å²) in [6, 6.07) is 14.5. The lowest BCUT2D eigenvalue weighted by Gasteiger charge is -2.01. The number of aromatic amines is 1. The van der Waals surface area contributed by atoms with Gasteiger partial charge in [0, 0.05) is 11.6 Å². The monoisotopic (exact) mass is 353 g/mol. The van der Waals surface area contributed by atoms with Crippen LogP contribution in [-0.2, 0) is 0 Å². The number of H-pyrrole nitrogens is 1. The molecule has 4 rings (SSSR count). The van der Waals surface area contributed by atoms with E-state index in [9.17, 15) is 14.9 Å². The van der Waals surface area contributed by atoms with E-state index >= 15 is 0 Å². The first kappa shape index (κ1) is 16.4. The second-order valence-electron chi connectivity index (χ2n) is 4.78. The molecule has 0 aromatic heterocycles. The van der Waals surface area contributed by atoms with Gasteiger partial charge in [0.05, 0.1) is 4.92 Å². The summed E-state index contributed by atoms with van der Waals surface area (Å²) in [7, 11) is 0. The number of fused-ring (bicyclic) bond motifs is 1. The topological polar surface area (TPSA) is 115 Å². The number of nitro benzene ring substituents is 1.